The summed E-state index contributed by atoms with van der Waals surface area (Å²) in [6.45, 7) is 1.84. The highest BCUT2D eigenvalue weighted by Gasteiger charge is 2.31. The van der Waals surface area contributed by atoms with Crippen molar-refractivity contribution in [2.75, 3.05) is 33.3 Å². The summed E-state index contributed by atoms with van der Waals surface area (Å²) in [5, 5.41) is 0. The lowest BCUT2D eigenvalue weighted by molar-refractivity contribution is 0.0697. The summed E-state index contributed by atoms with van der Waals surface area (Å²) in [6, 6.07) is 12.9. The number of methoxy groups -OCH3 is 1. The minimum absolute atomic E-state index is 0.0717. The van der Waals surface area contributed by atoms with Gasteiger partial charge in [-0.25, -0.2) is 8.42 Å². The summed E-state index contributed by atoms with van der Waals surface area (Å²) in [7, 11) is -1.91. The highest BCUT2D eigenvalue weighted by atomic mass is 32.2. The van der Waals surface area contributed by atoms with Crippen molar-refractivity contribution in [2.45, 2.75) is 30.8 Å². The molecule has 1 heterocycles. The molecule has 0 aromatic heterocycles. The molecule has 0 N–H and O–H groups in total. The molecule has 0 unspecified atom stereocenters. The molecule has 29 heavy (non-hydrogen) atoms. The fraction of sp³-hybridized carbons (Fsp3) is 0.409. The number of carbonyl (C=O) groups is 1. The van der Waals surface area contributed by atoms with E-state index >= 15 is 0 Å². The van der Waals surface area contributed by atoms with E-state index in [2.05, 4.69) is 0 Å². The molecule has 1 fully saturated rings. The van der Waals surface area contributed by atoms with E-state index in [-0.39, 0.29) is 5.91 Å². The summed E-state index contributed by atoms with van der Waals surface area (Å²) in [6.07, 6.45) is 3.07. The first-order valence-corrected chi connectivity index (χ1v) is 11.4. The fourth-order valence-electron chi connectivity index (χ4n) is 4.13. The van der Waals surface area contributed by atoms with Crippen LogP contribution in [0.5, 0.6) is 0 Å². The first-order valence-electron chi connectivity index (χ1n) is 9.98. The van der Waals surface area contributed by atoms with E-state index in [4.69, 9.17) is 4.74 Å². The third-order valence-electron chi connectivity index (χ3n) is 5.72. The number of fused-ring (bicyclic) bond motifs is 1. The van der Waals surface area contributed by atoms with Crippen molar-refractivity contribution in [1.29, 1.82) is 0 Å². The van der Waals surface area contributed by atoms with Gasteiger partial charge in [-0.2, -0.15) is 4.31 Å². The Hall–Kier alpha value is -2.22. The molecule has 154 valence electrons. The van der Waals surface area contributed by atoms with Crippen LogP contribution in [-0.4, -0.2) is 56.8 Å². The Bertz CT molecular complexity index is 1010. The minimum Gasteiger partial charge on any atom is -0.380 e. The molecule has 0 spiro atoms. The third kappa shape index (κ3) is 4.08. The molecule has 2 aromatic carbocycles. The first kappa shape index (κ1) is 20.1. The number of benzene rings is 2. The quantitative estimate of drug-likeness (QED) is 0.754. The normalized spacial score (nSPS) is 17.3. The molecule has 1 aliphatic carbocycles. The number of hydrogen-bond acceptors (Lipinski definition) is 4. The van der Waals surface area contributed by atoms with Crippen LogP contribution >= 0.6 is 0 Å². The monoisotopic (exact) mass is 414 g/mol. The molecule has 0 atom stereocenters. The third-order valence-corrected chi connectivity index (χ3v) is 7.61. The van der Waals surface area contributed by atoms with E-state index in [1.807, 2.05) is 30.3 Å². The van der Waals surface area contributed by atoms with Crippen LogP contribution in [0.4, 0.5) is 0 Å². The zero-order valence-electron chi connectivity index (χ0n) is 16.6. The zero-order chi connectivity index (χ0) is 20.4. The molecule has 0 bridgehead atoms. The standard InChI is InChI=1S/C22H26N2O4S/c1-28-16-17-4-2-7-20(14-17)22(25)23-10-12-24(13-11-23)29(26,27)21-9-8-18-5-3-6-19(18)15-21/h2,4,7-9,14-15H,3,5-6,10-13,16H2,1H3. The number of sulfonamides is 1. The number of piperazine rings is 1. The fourth-order valence-corrected chi connectivity index (χ4v) is 5.61. The van der Waals surface area contributed by atoms with E-state index in [0.29, 0.717) is 43.2 Å². The lowest BCUT2D eigenvalue weighted by atomic mass is 10.1. The second kappa shape index (κ2) is 8.26. The molecular formula is C22H26N2O4S. The first-order chi connectivity index (χ1) is 14.0. The van der Waals surface area contributed by atoms with Crippen molar-refractivity contribution >= 4 is 15.9 Å². The van der Waals surface area contributed by atoms with Gasteiger partial charge in [0.25, 0.3) is 5.91 Å². The molecule has 1 aliphatic heterocycles. The summed E-state index contributed by atoms with van der Waals surface area (Å²) in [4.78, 5) is 14.9. The van der Waals surface area contributed by atoms with Gasteiger partial charge < -0.3 is 9.64 Å². The molecule has 4 rings (SSSR count). The Balaban J connectivity index is 1.43. The maximum absolute atomic E-state index is 13.1. The van der Waals surface area contributed by atoms with Crippen LogP contribution in [0.3, 0.4) is 0 Å². The van der Waals surface area contributed by atoms with Crippen molar-refractivity contribution in [3.05, 3.63) is 64.7 Å². The number of hydrogen-bond donors (Lipinski definition) is 0. The Morgan fingerprint density at radius 1 is 1.00 bits per heavy atom. The molecule has 0 radical (unpaired) electrons. The zero-order valence-corrected chi connectivity index (χ0v) is 17.5. The Morgan fingerprint density at radius 3 is 2.52 bits per heavy atom. The average molecular weight is 415 g/mol. The smallest absolute Gasteiger partial charge is 0.253 e. The van der Waals surface area contributed by atoms with Gasteiger partial charge in [-0.15, -0.1) is 0 Å². The van der Waals surface area contributed by atoms with Crippen LogP contribution in [0, 0.1) is 0 Å². The van der Waals surface area contributed by atoms with Gasteiger partial charge in [0.2, 0.25) is 10.0 Å². The molecule has 6 nitrogen and oxygen atoms in total. The topological polar surface area (TPSA) is 66.9 Å². The lowest BCUT2D eigenvalue weighted by Gasteiger charge is -2.34. The Labute approximate surface area is 172 Å². The molecule has 0 saturated carbocycles. The van der Waals surface area contributed by atoms with Gasteiger partial charge in [0.05, 0.1) is 11.5 Å². The Kier molecular flexibility index (Phi) is 5.72. The average Bonchev–Trinajstić information content (AvgIpc) is 3.22. The van der Waals surface area contributed by atoms with Gasteiger partial charge in [0, 0.05) is 38.9 Å². The maximum Gasteiger partial charge on any atom is 0.253 e. The lowest BCUT2D eigenvalue weighted by Crippen LogP contribution is -2.50. The highest BCUT2D eigenvalue weighted by molar-refractivity contribution is 7.89. The van der Waals surface area contributed by atoms with E-state index in [1.165, 1.54) is 9.87 Å². The van der Waals surface area contributed by atoms with Gasteiger partial charge in [-0.1, -0.05) is 18.2 Å². The number of nitrogens with zero attached hydrogens (tertiary/aromatic N) is 2. The van der Waals surface area contributed by atoms with E-state index in [0.717, 1.165) is 30.4 Å². The van der Waals surface area contributed by atoms with E-state index in [9.17, 15) is 13.2 Å². The van der Waals surface area contributed by atoms with Crippen LogP contribution in [0.2, 0.25) is 0 Å². The van der Waals surface area contributed by atoms with Crippen molar-refractivity contribution in [3.8, 4) is 0 Å². The van der Waals surface area contributed by atoms with Gasteiger partial charge >= 0.3 is 0 Å². The number of carbonyl (C=O) groups excluding carboxylic acids is 1. The molecule has 1 amide bonds. The van der Waals surface area contributed by atoms with E-state index < -0.39 is 10.0 Å². The summed E-state index contributed by atoms with van der Waals surface area (Å²) in [5.74, 6) is -0.0717. The predicted octanol–water partition coefficient (Wildman–Crippen LogP) is 2.47. The van der Waals surface area contributed by atoms with Crippen molar-refractivity contribution in [1.82, 2.24) is 9.21 Å². The SMILES string of the molecule is COCc1cccc(C(=O)N2CCN(S(=O)(=O)c3ccc4c(c3)CCC4)CC2)c1. The van der Waals surface area contributed by atoms with Crippen LogP contribution in [-0.2, 0) is 34.2 Å². The van der Waals surface area contributed by atoms with Crippen LogP contribution < -0.4 is 0 Å². The number of rotatable bonds is 5. The van der Waals surface area contributed by atoms with Gasteiger partial charge in [0.1, 0.15) is 0 Å². The van der Waals surface area contributed by atoms with Crippen molar-refractivity contribution in [3.63, 3.8) is 0 Å². The van der Waals surface area contributed by atoms with Crippen LogP contribution in [0.1, 0.15) is 33.5 Å². The molecule has 7 heteroatoms. The second-order valence-electron chi connectivity index (χ2n) is 7.61. The summed E-state index contributed by atoms with van der Waals surface area (Å²) < 4.78 is 32.7. The van der Waals surface area contributed by atoms with Crippen molar-refractivity contribution < 1.29 is 17.9 Å². The van der Waals surface area contributed by atoms with Crippen LogP contribution in [0.15, 0.2) is 47.4 Å². The molecule has 2 aromatic rings. The van der Waals surface area contributed by atoms with Gasteiger partial charge in [0.15, 0.2) is 0 Å². The van der Waals surface area contributed by atoms with E-state index in [1.54, 1.807) is 24.1 Å². The molecule has 2 aliphatic rings. The van der Waals surface area contributed by atoms with Crippen LogP contribution in [0.25, 0.3) is 0 Å². The molecule has 1 saturated heterocycles. The Morgan fingerprint density at radius 2 is 1.76 bits per heavy atom. The molecular weight excluding hydrogens is 388 g/mol. The summed E-state index contributed by atoms with van der Waals surface area (Å²) in [5.41, 5.74) is 3.96. The number of amides is 1. The maximum atomic E-state index is 13.1. The number of aryl methyl sites for hydroxylation is 2. The minimum atomic E-state index is -3.53. The predicted molar refractivity (Wildman–Crippen MR) is 110 cm³/mol. The van der Waals surface area contributed by atoms with Gasteiger partial charge in [-0.3, -0.25) is 4.79 Å². The van der Waals surface area contributed by atoms with Crippen molar-refractivity contribution in [2.24, 2.45) is 0 Å². The largest absolute Gasteiger partial charge is 0.380 e. The van der Waals surface area contributed by atoms with Gasteiger partial charge in [-0.05, 0) is 60.2 Å². The summed E-state index contributed by atoms with van der Waals surface area (Å²) >= 11 is 0. The number of ether oxygens (including phenoxy) is 1. The second-order valence-corrected chi connectivity index (χ2v) is 9.55. The highest BCUT2D eigenvalue weighted by Crippen LogP contribution is 2.27.